The summed E-state index contributed by atoms with van der Waals surface area (Å²) in [5, 5.41) is 0. The number of methoxy groups -OCH3 is 1. The lowest BCUT2D eigenvalue weighted by Crippen LogP contribution is -2.41. The van der Waals surface area contributed by atoms with E-state index >= 15 is 0 Å². The Morgan fingerprint density at radius 3 is 2.85 bits per heavy atom. The smallest absolute Gasteiger partial charge is 0.119 e. The molecule has 0 amide bonds. The SMILES string of the molecule is COc1cccc(C(CN)N(C)C2CCCC(C)C2)c1. The average molecular weight is 276 g/mol. The van der Waals surface area contributed by atoms with Crippen LogP contribution in [-0.2, 0) is 0 Å². The molecule has 0 aromatic heterocycles. The third-order valence-corrected chi connectivity index (χ3v) is 4.68. The summed E-state index contributed by atoms with van der Waals surface area (Å²) in [6.45, 7) is 3.01. The second kappa shape index (κ2) is 7.09. The molecule has 2 rings (SSSR count). The first kappa shape index (κ1) is 15.3. The van der Waals surface area contributed by atoms with Crippen molar-refractivity contribution in [3.05, 3.63) is 29.8 Å². The van der Waals surface area contributed by atoms with Crippen LogP contribution >= 0.6 is 0 Å². The van der Waals surface area contributed by atoms with E-state index in [-0.39, 0.29) is 6.04 Å². The number of rotatable bonds is 5. The minimum absolute atomic E-state index is 0.278. The molecule has 3 unspecified atom stereocenters. The van der Waals surface area contributed by atoms with Crippen LogP contribution in [0.5, 0.6) is 5.75 Å². The molecule has 3 heteroatoms. The number of likely N-dealkylation sites (N-methyl/N-ethyl adjacent to an activating group) is 1. The molecule has 1 aliphatic carbocycles. The Kier molecular flexibility index (Phi) is 5.44. The third-order valence-electron chi connectivity index (χ3n) is 4.68. The highest BCUT2D eigenvalue weighted by molar-refractivity contribution is 5.30. The first-order chi connectivity index (χ1) is 9.65. The summed E-state index contributed by atoms with van der Waals surface area (Å²) >= 11 is 0. The van der Waals surface area contributed by atoms with Gasteiger partial charge in [-0.05, 0) is 43.5 Å². The van der Waals surface area contributed by atoms with E-state index in [0.717, 1.165) is 11.7 Å². The Hall–Kier alpha value is -1.06. The van der Waals surface area contributed by atoms with Gasteiger partial charge in [0.15, 0.2) is 0 Å². The zero-order valence-corrected chi connectivity index (χ0v) is 13.0. The van der Waals surface area contributed by atoms with E-state index < -0.39 is 0 Å². The predicted octanol–water partition coefficient (Wildman–Crippen LogP) is 3.21. The highest BCUT2D eigenvalue weighted by Crippen LogP contribution is 2.32. The maximum absolute atomic E-state index is 6.06. The van der Waals surface area contributed by atoms with Gasteiger partial charge in [0.25, 0.3) is 0 Å². The van der Waals surface area contributed by atoms with Crippen LogP contribution in [0.3, 0.4) is 0 Å². The molecule has 1 aliphatic rings. The van der Waals surface area contributed by atoms with Crippen molar-refractivity contribution in [2.75, 3.05) is 20.7 Å². The Morgan fingerprint density at radius 1 is 1.40 bits per heavy atom. The number of hydrogen-bond acceptors (Lipinski definition) is 3. The molecule has 0 aliphatic heterocycles. The number of nitrogens with zero attached hydrogens (tertiary/aromatic N) is 1. The maximum Gasteiger partial charge on any atom is 0.119 e. The largest absolute Gasteiger partial charge is 0.497 e. The van der Waals surface area contributed by atoms with E-state index in [1.54, 1.807) is 7.11 Å². The van der Waals surface area contributed by atoms with Gasteiger partial charge in [0.05, 0.1) is 7.11 Å². The second-order valence-electron chi connectivity index (χ2n) is 6.12. The second-order valence-corrected chi connectivity index (χ2v) is 6.12. The van der Waals surface area contributed by atoms with E-state index in [0.29, 0.717) is 12.6 Å². The van der Waals surface area contributed by atoms with E-state index in [1.165, 1.54) is 31.2 Å². The number of hydrogen-bond donors (Lipinski definition) is 1. The quantitative estimate of drug-likeness (QED) is 0.897. The van der Waals surface area contributed by atoms with Crippen LogP contribution in [0, 0.1) is 5.92 Å². The lowest BCUT2D eigenvalue weighted by Gasteiger charge is -2.39. The Balaban J connectivity index is 2.13. The van der Waals surface area contributed by atoms with Crippen molar-refractivity contribution in [1.29, 1.82) is 0 Å². The minimum Gasteiger partial charge on any atom is -0.497 e. The average Bonchev–Trinajstić information content (AvgIpc) is 2.48. The molecule has 1 aromatic rings. The third kappa shape index (κ3) is 3.53. The highest BCUT2D eigenvalue weighted by atomic mass is 16.5. The molecule has 20 heavy (non-hydrogen) atoms. The summed E-state index contributed by atoms with van der Waals surface area (Å²) in [5.74, 6) is 1.74. The summed E-state index contributed by atoms with van der Waals surface area (Å²) in [6, 6.07) is 9.23. The lowest BCUT2D eigenvalue weighted by atomic mass is 9.85. The number of ether oxygens (including phenoxy) is 1. The van der Waals surface area contributed by atoms with Gasteiger partial charge in [-0.25, -0.2) is 0 Å². The summed E-state index contributed by atoms with van der Waals surface area (Å²) in [4.78, 5) is 2.48. The van der Waals surface area contributed by atoms with E-state index in [1.807, 2.05) is 12.1 Å². The van der Waals surface area contributed by atoms with Gasteiger partial charge in [-0.3, -0.25) is 4.90 Å². The van der Waals surface area contributed by atoms with Gasteiger partial charge in [-0.2, -0.15) is 0 Å². The van der Waals surface area contributed by atoms with Gasteiger partial charge < -0.3 is 10.5 Å². The molecule has 3 nitrogen and oxygen atoms in total. The summed E-state index contributed by atoms with van der Waals surface area (Å²) in [6.07, 6.45) is 5.29. The molecule has 1 fully saturated rings. The Labute approximate surface area is 123 Å². The zero-order chi connectivity index (χ0) is 14.5. The lowest BCUT2D eigenvalue weighted by molar-refractivity contribution is 0.121. The topological polar surface area (TPSA) is 38.5 Å². The van der Waals surface area contributed by atoms with Crippen molar-refractivity contribution in [3.8, 4) is 5.75 Å². The molecule has 1 saturated carbocycles. The van der Waals surface area contributed by atoms with Gasteiger partial charge in [0, 0.05) is 18.6 Å². The van der Waals surface area contributed by atoms with Crippen LogP contribution in [0.4, 0.5) is 0 Å². The van der Waals surface area contributed by atoms with Gasteiger partial charge in [-0.15, -0.1) is 0 Å². The Bertz CT molecular complexity index is 421. The summed E-state index contributed by atoms with van der Waals surface area (Å²) < 4.78 is 5.33. The first-order valence-electron chi connectivity index (χ1n) is 7.71. The van der Waals surface area contributed by atoms with Gasteiger partial charge in [0.1, 0.15) is 5.75 Å². The molecule has 2 N–H and O–H groups in total. The predicted molar refractivity (Wildman–Crippen MR) is 84.0 cm³/mol. The summed E-state index contributed by atoms with van der Waals surface area (Å²) in [7, 11) is 3.93. The van der Waals surface area contributed by atoms with Crippen molar-refractivity contribution in [2.45, 2.75) is 44.7 Å². The molecule has 0 bridgehead atoms. The van der Waals surface area contributed by atoms with E-state index in [9.17, 15) is 0 Å². The van der Waals surface area contributed by atoms with Crippen molar-refractivity contribution >= 4 is 0 Å². The molecule has 112 valence electrons. The van der Waals surface area contributed by atoms with Crippen molar-refractivity contribution in [3.63, 3.8) is 0 Å². The first-order valence-corrected chi connectivity index (χ1v) is 7.71. The fourth-order valence-corrected chi connectivity index (χ4v) is 3.41. The molecule has 3 atom stereocenters. The number of nitrogens with two attached hydrogens (primary N) is 1. The molecule has 0 heterocycles. The van der Waals surface area contributed by atoms with E-state index in [4.69, 9.17) is 10.5 Å². The standard InChI is InChI=1S/C17H28N2O/c1-13-6-4-8-15(10-13)19(2)17(12-18)14-7-5-9-16(11-14)20-3/h5,7,9,11,13,15,17H,4,6,8,10,12,18H2,1-3H3. The van der Waals surface area contributed by atoms with Crippen LogP contribution in [0.15, 0.2) is 24.3 Å². The molecular formula is C17H28N2O. The zero-order valence-electron chi connectivity index (χ0n) is 13.0. The summed E-state index contributed by atoms with van der Waals surface area (Å²) in [5.41, 5.74) is 7.31. The van der Waals surface area contributed by atoms with Gasteiger partial charge in [-0.1, -0.05) is 31.9 Å². The van der Waals surface area contributed by atoms with Gasteiger partial charge >= 0.3 is 0 Å². The number of benzene rings is 1. The van der Waals surface area contributed by atoms with Crippen molar-refractivity contribution in [1.82, 2.24) is 4.90 Å². The Morgan fingerprint density at radius 2 is 2.20 bits per heavy atom. The van der Waals surface area contributed by atoms with Crippen LogP contribution < -0.4 is 10.5 Å². The molecule has 0 saturated heterocycles. The molecular weight excluding hydrogens is 248 g/mol. The van der Waals surface area contributed by atoms with Gasteiger partial charge in [0.2, 0.25) is 0 Å². The van der Waals surface area contributed by atoms with Crippen LogP contribution in [-0.4, -0.2) is 31.6 Å². The molecule has 0 radical (unpaired) electrons. The molecule has 0 spiro atoms. The fraction of sp³-hybridized carbons (Fsp3) is 0.647. The van der Waals surface area contributed by atoms with E-state index in [2.05, 4.69) is 31.0 Å². The van der Waals surface area contributed by atoms with Crippen molar-refractivity contribution < 1.29 is 4.74 Å². The van der Waals surface area contributed by atoms with Crippen molar-refractivity contribution in [2.24, 2.45) is 11.7 Å². The monoisotopic (exact) mass is 276 g/mol. The molecule has 1 aromatic carbocycles. The van der Waals surface area contributed by atoms with Crippen LogP contribution in [0.1, 0.15) is 44.2 Å². The highest BCUT2D eigenvalue weighted by Gasteiger charge is 2.27. The van der Waals surface area contributed by atoms with Crippen LogP contribution in [0.25, 0.3) is 0 Å². The maximum atomic E-state index is 6.06. The van der Waals surface area contributed by atoms with Crippen LogP contribution in [0.2, 0.25) is 0 Å². The minimum atomic E-state index is 0.278. The normalized spacial score (nSPS) is 24.6. The fourth-order valence-electron chi connectivity index (χ4n) is 3.41.